The molecule has 9 heteroatoms. The lowest BCUT2D eigenvalue weighted by atomic mass is 9.85. The second-order valence-electron chi connectivity index (χ2n) is 7.94. The first-order chi connectivity index (χ1) is 16.0. The Bertz CT molecular complexity index is 1300. The zero-order valence-electron chi connectivity index (χ0n) is 17.8. The number of nitrogens with zero attached hydrogens (tertiary/aromatic N) is 2. The highest BCUT2D eigenvalue weighted by Crippen LogP contribution is 2.43. The molecule has 1 atom stereocenters. The van der Waals surface area contributed by atoms with E-state index in [1.807, 2.05) is 0 Å². The van der Waals surface area contributed by atoms with E-state index >= 15 is 0 Å². The van der Waals surface area contributed by atoms with Crippen LogP contribution in [0.3, 0.4) is 0 Å². The number of phenolic OH excluding ortho intramolecular Hbond substituents is 1. The molecule has 0 saturated heterocycles. The molecule has 1 amide bonds. The number of allylic oxidation sites excluding steroid dienone is 2. The Hall–Kier alpha value is -4.14. The van der Waals surface area contributed by atoms with Crippen molar-refractivity contribution in [2.75, 3.05) is 17.7 Å². The predicted octanol–water partition coefficient (Wildman–Crippen LogP) is 4.01. The summed E-state index contributed by atoms with van der Waals surface area (Å²) in [5.41, 5.74) is 2.79. The number of fused-ring (bicyclic) bond motifs is 1. The Labute approximate surface area is 188 Å². The van der Waals surface area contributed by atoms with Gasteiger partial charge in [0.25, 0.3) is 5.91 Å². The normalized spacial score (nSPS) is 17.2. The molecule has 2 aromatic carbocycles. The third-order valence-electron chi connectivity index (χ3n) is 5.91. The molecule has 1 aliphatic carbocycles. The van der Waals surface area contributed by atoms with Gasteiger partial charge in [0.2, 0.25) is 0 Å². The molecule has 0 unspecified atom stereocenters. The maximum absolute atomic E-state index is 13.2. The minimum atomic E-state index is -0.578. The van der Waals surface area contributed by atoms with Crippen LogP contribution in [-0.4, -0.2) is 33.7 Å². The number of aromatic hydroxyl groups is 1. The number of hydrogen-bond acceptors (Lipinski definition) is 6. The Morgan fingerprint density at radius 2 is 2.03 bits per heavy atom. The van der Waals surface area contributed by atoms with E-state index in [0.29, 0.717) is 47.5 Å². The van der Waals surface area contributed by atoms with Crippen molar-refractivity contribution in [2.45, 2.75) is 25.3 Å². The van der Waals surface area contributed by atoms with Crippen LogP contribution in [0.5, 0.6) is 11.5 Å². The van der Waals surface area contributed by atoms with Gasteiger partial charge in [-0.3, -0.25) is 9.59 Å². The summed E-state index contributed by atoms with van der Waals surface area (Å²) in [6.07, 6.45) is 3.24. The van der Waals surface area contributed by atoms with Crippen LogP contribution >= 0.6 is 0 Å². The van der Waals surface area contributed by atoms with Crippen LogP contribution in [0.25, 0.3) is 0 Å². The fourth-order valence-corrected chi connectivity index (χ4v) is 4.33. The summed E-state index contributed by atoms with van der Waals surface area (Å²) in [5.74, 6) is -0.0760. The Balaban J connectivity index is 1.58. The summed E-state index contributed by atoms with van der Waals surface area (Å²) in [6, 6.07) is 9.79. The SMILES string of the molecule is COc1cc([C@H]2C3=C(CCCC3=O)Nc3c(C(=O)Nc4ccc(F)cc4)cnn32)ccc1O. The number of methoxy groups -OCH3 is 1. The van der Waals surface area contributed by atoms with Crippen LogP contribution in [0.1, 0.15) is 41.2 Å². The topological polar surface area (TPSA) is 105 Å². The molecule has 1 aromatic heterocycles. The van der Waals surface area contributed by atoms with Gasteiger partial charge in [-0.15, -0.1) is 0 Å². The van der Waals surface area contributed by atoms with Gasteiger partial charge >= 0.3 is 0 Å². The fraction of sp³-hybridized carbons (Fsp3) is 0.208. The van der Waals surface area contributed by atoms with E-state index < -0.39 is 17.8 Å². The third-order valence-corrected chi connectivity index (χ3v) is 5.91. The van der Waals surface area contributed by atoms with Gasteiger partial charge in [-0.25, -0.2) is 9.07 Å². The zero-order valence-corrected chi connectivity index (χ0v) is 17.8. The number of carbonyl (C=O) groups is 2. The molecular weight excluding hydrogens is 427 g/mol. The average molecular weight is 448 g/mol. The quantitative estimate of drug-likeness (QED) is 0.557. The number of ketones is 1. The summed E-state index contributed by atoms with van der Waals surface area (Å²) in [4.78, 5) is 25.9. The van der Waals surface area contributed by atoms with Gasteiger partial charge in [0, 0.05) is 23.4 Å². The Morgan fingerprint density at radius 3 is 2.79 bits per heavy atom. The van der Waals surface area contributed by atoms with E-state index in [1.165, 1.54) is 43.6 Å². The molecule has 0 fully saturated rings. The van der Waals surface area contributed by atoms with Gasteiger partial charge in [0.1, 0.15) is 23.2 Å². The second kappa shape index (κ2) is 8.09. The second-order valence-corrected chi connectivity index (χ2v) is 7.94. The molecule has 0 radical (unpaired) electrons. The number of carbonyl (C=O) groups excluding carboxylic acids is 2. The maximum Gasteiger partial charge on any atom is 0.261 e. The molecule has 5 rings (SSSR count). The largest absolute Gasteiger partial charge is 0.504 e. The molecule has 0 bridgehead atoms. The number of anilines is 2. The zero-order chi connectivity index (χ0) is 23.1. The first kappa shape index (κ1) is 20.7. The molecule has 3 aromatic rings. The van der Waals surface area contributed by atoms with Crippen molar-refractivity contribution in [3.05, 3.63) is 76.9 Å². The van der Waals surface area contributed by atoms with Gasteiger partial charge in [-0.1, -0.05) is 6.07 Å². The summed E-state index contributed by atoms with van der Waals surface area (Å²) in [5, 5.41) is 20.5. The van der Waals surface area contributed by atoms with Crippen LogP contribution in [0.15, 0.2) is 59.9 Å². The first-order valence-electron chi connectivity index (χ1n) is 10.5. The monoisotopic (exact) mass is 448 g/mol. The van der Waals surface area contributed by atoms with Crippen molar-refractivity contribution < 1.29 is 23.8 Å². The lowest BCUT2D eigenvalue weighted by Crippen LogP contribution is -2.32. The number of ether oxygens (including phenoxy) is 1. The number of nitrogens with one attached hydrogen (secondary N) is 2. The van der Waals surface area contributed by atoms with Gasteiger partial charge in [0.15, 0.2) is 17.3 Å². The molecule has 0 saturated carbocycles. The number of amides is 1. The minimum Gasteiger partial charge on any atom is -0.504 e. The van der Waals surface area contributed by atoms with Gasteiger partial charge in [0.05, 0.1) is 13.3 Å². The van der Waals surface area contributed by atoms with Crippen molar-refractivity contribution in [3.8, 4) is 11.5 Å². The highest BCUT2D eigenvalue weighted by atomic mass is 19.1. The van der Waals surface area contributed by atoms with Crippen LogP contribution in [0.2, 0.25) is 0 Å². The number of phenols is 1. The summed E-state index contributed by atoms with van der Waals surface area (Å²) in [6.45, 7) is 0. The molecule has 8 nitrogen and oxygen atoms in total. The summed E-state index contributed by atoms with van der Waals surface area (Å²) in [7, 11) is 1.45. The number of Topliss-reactive ketones (excluding diaryl/α,β-unsaturated/α-hetero) is 1. The minimum absolute atomic E-state index is 0.0132. The van der Waals surface area contributed by atoms with E-state index in [2.05, 4.69) is 15.7 Å². The lowest BCUT2D eigenvalue weighted by Gasteiger charge is -2.33. The maximum atomic E-state index is 13.2. The predicted molar refractivity (Wildman–Crippen MR) is 119 cm³/mol. The van der Waals surface area contributed by atoms with Crippen LogP contribution < -0.4 is 15.4 Å². The molecule has 0 spiro atoms. The Morgan fingerprint density at radius 1 is 1.24 bits per heavy atom. The highest BCUT2D eigenvalue weighted by molar-refractivity contribution is 6.08. The number of benzene rings is 2. The average Bonchev–Trinajstić information content (AvgIpc) is 3.23. The molecule has 1 aliphatic heterocycles. The van der Waals surface area contributed by atoms with Crippen LogP contribution in [-0.2, 0) is 4.79 Å². The Kier molecular flexibility index (Phi) is 5.08. The summed E-state index contributed by atoms with van der Waals surface area (Å²) >= 11 is 0. The van der Waals surface area contributed by atoms with E-state index in [1.54, 1.807) is 16.8 Å². The number of aromatic nitrogens is 2. The molecular formula is C24H21FN4O4. The summed E-state index contributed by atoms with van der Waals surface area (Å²) < 4.78 is 20.1. The first-order valence-corrected chi connectivity index (χ1v) is 10.5. The van der Waals surface area contributed by atoms with Crippen LogP contribution in [0, 0.1) is 5.82 Å². The van der Waals surface area contributed by atoms with Crippen molar-refractivity contribution >= 4 is 23.2 Å². The van der Waals surface area contributed by atoms with E-state index in [4.69, 9.17) is 4.74 Å². The lowest BCUT2D eigenvalue weighted by molar-refractivity contribution is -0.116. The fourth-order valence-electron chi connectivity index (χ4n) is 4.33. The molecule has 33 heavy (non-hydrogen) atoms. The van der Waals surface area contributed by atoms with E-state index in [9.17, 15) is 19.1 Å². The van der Waals surface area contributed by atoms with Crippen molar-refractivity contribution in [1.29, 1.82) is 0 Å². The van der Waals surface area contributed by atoms with Crippen molar-refractivity contribution in [3.63, 3.8) is 0 Å². The molecule has 2 aliphatic rings. The standard InChI is InChI=1S/C24H21FN4O4/c1-33-20-11-13(5-10-18(20)30)22-21-17(3-2-4-19(21)31)28-23-16(12-26-29(22)23)24(32)27-15-8-6-14(25)7-9-15/h5-12,22,28,30H,2-4H2,1H3,(H,27,32)/t22-/m0/s1. The van der Waals surface area contributed by atoms with Crippen molar-refractivity contribution in [2.24, 2.45) is 0 Å². The van der Waals surface area contributed by atoms with Crippen LogP contribution in [0.4, 0.5) is 15.9 Å². The number of hydrogen-bond donors (Lipinski definition) is 3. The van der Waals surface area contributed by atoms with Crippen molar-refractivity contribution in [1.82, 2.24) is 9.78 Å². The smallest absolute Gasteiger partial charge is 0.261 e. The van der Waals surface area contributed by atoms with E-state index in [-0.39, 0.29) is 17.3 Å². The molecule has 2 heterocycles. The third kappa shape index (κ3) is 3.61. The highest BCUT2D eigenvalue weighted by Gasteiger charge is 2.37. The molecule has 168 valence electrons. The van der Waals surface area contributed by atoms with Gasteiger partial charge in [-0.05, 0) is 54.8 Å². The van der Waals surface area contributed by atoms with Gasteiger partial charge in [-0.2, -0.15) is 5.10 Å². The molecule has 3 N–H and O–H groups in total. The number of halogens is 1. The van der Waals surface area contributed by atoms with E-state index in [0.717, 1.165) is 5.70 Å². The number of rotatable bonds is 4. The van der Waals surface area contributed by atoms with Gasteiger partial charge < -0.3 is 20.5 Å².